The Kier molecular flexibility index (Phi) is 13.1. The SMILES string of the molecule is CCC1CCCC(OC2CCC(NC)C(C)O2)C(C)C(=O)C2=CC3C(C=CC4CC(OC5OC(C)C(OC)C(OC)C5OC)CC43)C2CC(=O)O1. The number of cyclic esters (lactones) is 1. The summed E-state index contributed by atoms with van der Waals surface area (Å²) < 4.78 is 49.4. The summed E-state index contributed by atoms with van der Waals surface area (Å²) in [7, 11) is 6.93. The molecular formula is C40H63NO10. The van der Waals surface area contributed by atoms with Gasteiger partial charge in [0.15, 0.2) is 18.4 Å². The summed E-state index contributed by atoms with van der Waals surface area (Å²) in [5.41, 5.74) is 0.761. The van der Waals surface area contributed by atoms with E-state index in [-0.39, 0.29) is 103 Å². The second-order valence-electron chi connectivity index (χ2n) is 15.9. The van der Waals surface area contributed by atoms with E-state index in [1.165, 1.54) is 0 Å². The third-order valence-corrected chi connectivity index (χ3v) is 13.0. The molecule has 51 heavy (non-hydrogen) atoms. The van der Waals surface area contributed by atoms with Crippen molar-refractivity contribution in [2.75, 3.05) is 28.4 Å². The van der Waals surface area contributed by atoms with Gasteiger partial charge >= 0.3 is 5.97 Å². The highest BCUT2D eigenvalue weighted by molar-refractivity contribution is 5.99. The Hall–Kier alpha value is -1.70. The number of allylic oxidation sites excluding steroid dienone is 4. The molecule has 6 rings (SSSR count). The van der Waals surface area contributed by atoms with Gasteiger partial charge in [0.2, 0.25) is 0 Å². The van der Waals surface area contributed by atoms with E-state index in [0.717, 1.165) is 50.5 Å². The molecular weight excluding hydrogens is 654 g/mol. The summed E-state index contributed by atoms with van der Waals surface area (Å²) in [4.78, 5) is 28.1. The minimum Gasteiger partial charge on any atom is -0.462 e. The Morgan fingerprint density at radius 2 is 1.61 bits per heavy atom. The van der Waals surface area contributed by atoms with E-state index in [2.05, 4.69) is 37.4 Å². The lowest BCUT2D eigenvalue weighted by Crippen LogP contribution is -2.59. The lowest BCUT2D eigenvalue weighted by Gasteiger charge is -2.44. The number of hydrogen-bond donors (Lipinski definition) is 1. The van der Waals surface area contributed by atoms with Crippen molar-refractivity contribution in [2.24, 2.45) is 35.5 Å². The normalized spacial score (nSPS) is 46.3. The van der Waals surface area contributed by atoms with E-state index in [1.807, 2.05) is 20.9 Å². The zero-order valence-electron chi connectivity index (χ0n) is 32.0. The molecule has 1 saturated carbocycles. The van der Waals surface area contributed by atoms with Gasteiger partial charge in [-0.1, -0.05) is 32.1 Å². The number of hydrogen-bond acceptors (Lipinski definition) is 11. The number of esters is 1. The zero-order chi connectivity index (χ0) is 36.4. The lowest BCUT2D eigenvalue weighted by atomic mass is 9.70. The van der Waals surface area contributed by atoms with Gasteiger partial charge in [0, 0.05) is 39.2 Å². The first-order chi connectivity index (χ1) is 24.6. The Morgan fingerprint density at radius 1 is 0.843 bits per heavy atom. The van der Waals surface area contributed by atoms with Crippen LogP contribution < -0.4 is 5.32 Å². The van der Waals surface area contributed by atoms with E-state index >= 15 is 0 Å². The fraction of sp³-hybridized carbons (Fsp3) is 0.850. The van der Waals surface area contributed by atoms with E-state index in [0.29, 0.717) is 12.3 Å². The monoisotopic (exact) mass is 717 g/mol. The van der Waals surface area contributed by atoms with Crippen LogP contribution in [0.4, 0.5) is 0 Å². The van der Waals surface area contributed by atoms with Crippen molar-refractivity contribution in [3.8, 4) is 0 Å². The molecule has 6 aliphatic rings. The number of fused-ring (bicyclic) bond motifs is 5. The van der Waals surface area contributed by atoms with Crippen molar-refractivity contribution in [3.05, 3.63) is 23.8 Å². The van der Waals surface area contributed by atoms with Crippen LogP contribution in [0, 0.1) is 35.5 Å². The average molecular weight is 718 g/mol. The second-order valence-corrected chi connectivity index (χ2v) is 15.9. The molecule has 288 valence electrons. The average Bonchev–Trinajstić information content (AvgIpc) is 3.70. The molecule has 0 bridgehead atoms. The number of ether oxygens (including phenoxy) is 8. The molecule has 17 atom stereocenters. The van der Waals surface area contributed by atoms with Crippen molar-refractivity contribution >= 4 is 11.8 Å². The molecule has 3 aliphatic carbocycles. The fourth-order valence-corrected chi connectivity index (χ4v) is 10.1. The highest BCUT2D eigenvalue weighted by atomic mass is 16.7. The van der Waals surface area contributed by atoms with Crippen LogP contribution in [0.5, 0.6) is 0 Å². The Morgan fingerprint density at radius 3 is 2.29 bits per heavy atom. The van der Waals surface area contributed by atoms with Crippen LogP contribution in [0.2, 0.25) is 0 Å². The highest BCUT2D eigenvalue weighted by Gasteiger charge is 2.52. The first-order valence-corrected chi connectivity index (χ1v) is 19.6. The topological polar surface area (TPSA) is 120 Å². The van der Waals surface area contributed by atoms with Crippen LogP contribution in [0.25, 0.3) is 0 Å². The summed E-state index contributed by atoms with van der Waals surface area (Å²) in [6.07, 6.45) is 10.8. The van der Waals surface area contributed by atoms with Gasteiger partial charge in [-0.15, -0.1) is 0 Å². The predicted octanol–water partition coefficient (Wildman–Crippen LogP) is 5.15. The number of methoxy groups -OCH3 is 3. The molecule has 0 aromatic heterocycles. The molecule has 3 saturated heterocycles. The van der Waals surface area contributed by atoms with Crippen molar-refractivity contribution < 1.29 is 47.5 Å². The molecule has 3 aliphatic heterocycles. The van der Waals surface area contributed by atoms with Gasteiger partial charge in [0.25, 0.3) is 0 Å². The molecule has 17 unspecified atom stereocenters. The van der Waals surface area contributed by atoms with Gasteiger partial charge in [-0.05, 0) is 102 Å². The van der Waals surface area contributed by atoms with Crippen LogP contribution >= 0.6 is 0 Å². The van der Waals surface area contributed by atoms with E-state index in [1.54, 1.807) is 21.3 Å². The summed E-state index contributed by atoms with van der Waals surface area (Å²) in [6.45, 7) is 8.12. The number of ketones is 1. The van der Waals surface area contributed by atoms with Gasteiger partial charge in [-0.25, -0.2) is 0 Å². The zero-order valence-corrected chi connectivity index (χ0v) is 32.0. The Labute approximate surface area is 304 Å². The molecule has 0 amide bonds. The first kappa shape index (κ1) is 39.0. The van der Waals surface area contributed by atoms with Crippen molar-refractivity contribution in [3.63, 3.8) is 0 Å². The van der Waals surface area contributed by atoms with Gasteiger partial charge < -0.3 is 43.2 Å². The fourth-order valence-electron chi connectivity index (χ4n) is 10.1. The maximum absolute atomic E-state index is 14.6. The molecule has 11 heteroatoms. The van der Waals surface area contributed by atoms with Gasteiger partial charge in [0.1, 0.15) is 24.4 Å². The van der Waals surface area contributed by atoms with Crippen molar-refractivity contribution in [2.45, 2.75) is 153 Å². The van der Waals surface area contributed by atoms with E-state index in [9.17, 15) is 9.59 Å². The number of carbonyl (C=O) groups excluding carboxylic acids is 2. The maximum atomic E-state index is 14.6. The second kappa shape index (κ2) is 17.2. The van der Waals surface area contributed by atoms with Gasteiger partial charge in [0.05, 0.1) is 30.8 Å². The molecule has 0 aromatic carbocycles. The first-order valence-electron chi connectivity index (χ1n) is 19.6. The molecule has 11 nitrogen and oxygen atoms in total. The number of rotatable bonds is 9. The van der Waals surface area contributed by atoms with E-state index < -0.39 is 12.4 Å². The summed E-state index contributed by atoms with van der Waals surface area (Å²) in [6, 6.07) is 0.288. The minimum atomic E-state index is -0.593. The molecule has 0 spiro atoms. The Bertz CT molecular complexity index is 1260. The maximum Gasteiger partial charge on any atom is 0.306 e. The van der Waals surface area contributed by atoms with Crippen LogP contribution in [-0.2, 0) is 47.5 Å². The lowest BCUT2D eigenvalue weighted by molar-refractivity contribution is -0.314. The van der Waals surface area contributed by atoms with Crippen LogP contribution in [0.15, 0.2) is 23.8 Å². The van der Waals surface area contributed by atoms with Crippen LogP contribution in [0.3, 0.4) is 0 Å². The number of Topliss-reactive ketones (excluding diaryl/α,β-unsaturated/α-hetero) is 1. The van der Waals surface area contributed by atoms with E-state index in [4.69, 9.17) is 37.9 Å². The molecule has 0 radical (unpaired) electrons. The summed E-state index contributed by atoms with van der Waals surface area (Å²) >= 11 is 0. The minimum absolute atomic E-state index is 0.0241. The quantitative estimate of drug-likeness (QED) is 0.252. The molecule has 1 N–H and O–H groups in total. The Balaban J connectivity index is 1.21. The highest BCUT2D eigenvalue weighted by Crippen LogP contribution is 2.54. The van der Waals surface area contributed by atoms with Crippen molar-refractivity contribution in [1.29, 1.82) is 0 Å². The van der Waals surface area contributed by atoms with Gasteiger partial charge in [-0.2, -0.15) is 0 Å². The number of nitrogens with one attached hydrogen (secondary N) is 1. The number of likely N-dealkylation sites (N-methyl/N-ethyl adjacent to an activating group) is 1. The third-order valence-electron chi connectivity index (χ3n) is 13.0. The van der Waals surface area contributed by atoms with Crippen LogP contribution in [-0.4, -0.2) is 108 Å². The largest absolute Gasteiger partial charge is 0.462 e. The molecule has 3 heterocycles. The smallest absolute Gasteiger partial charge is 0.306 e. The number of carbonyl (C=O) groups is 2. The molecule has 0 aromatic rings. The third kappa shape index (κ3) is 8.21. The summed E-state index contributed by atoms with van der Waals surface area (Å²) in [5.74, 6) is 0.0185. The van der Waals surface area contributed by atoms with Crippen LogP contribution in [0.1, 0.15) is 85.5 Å². The summed E-state index contributed by atoms with van der Waals surface area (Å²) in [5, 5.41) is 3.34. The standard InChI is InChI=1S/C40H63NO10/c1-9-25-11-10-12-33(51-35-16-15-32(41-5)22(3)47-35)21(2)36(43)31-19-29-27(30(31)20-34(42)49-25)14-13-24-17-26(18-28(24)29)50-40-39(46-8)38(45-7)37(44-6)23(4)48-40/h13-14,19,21-30,32-33,35,37-41H,9-12,15-18,20H2,1-8H3. The molecule has 4 fully saturated rings. The van der Waals surface area contributed by atoms with Crippen molar-refractivity contribution in [1.82, 2.24) is 5.32 Å². The van der Waals surface area contributed by atoms with Gasteiger partial charge in [-0.3, -0.25) is 9.59 Å². The predicted molar refractivity (Wildman–Crippen MR) is 190 cm³/mol.